The lowest BCUT2D eigenvalue weighted by Gasteiger charge is -2.25. The maximum absolute atomic E-state index is 13.1. The molecule has 1 fully saturated rings. The number of benzene rings is 1. The summed E-state index contributed by atoms with van der Waals surface area (Å²) >= 11 is 0. The van der Waals surface area contributed by atoms with Crippen LogP contribution in [0.2, 0.25) is 0 Å². The molecular formula is C15H19FN4O. The van der Waals surface area contributed by atoms with Gasteiger partial charge in [-0.05, 0) is 31.5 Å². The maximum Gasteiger partial charge on any atom is 0.324 e. The molecule has 1 aliphatic heterocycles. The Labute approximate surface area is 123 Å². The number of nitrogens with one attached hydrogen (secondary N) is 1. The first-order valence-corrected chi connectivity index (χ1v) is 7.13. The summed E-state index contributed by atoms with van der Waals surface area (Å²) in [6, 6.07) is 6.98. The van der Waals surface area contributed by atoms with Crippen molar-refractivity contribution < 1.29 is 8.91 Å². The van der Waals surface area contributed by atoms with Crippen molar-refractivity contribution in [1.29, 1.82) is 0 Å². The van der Waals surface area contributed by atoms with Crippen LogP contribution in [-0.4, -0.2) is 36.3 Å². The molecule has 5 nitrogen and oxygen atoms in total. The van der Waals surface area contributed by atoms with E-state index in [4.69, 9.17) is 4.52 Å². The number of hydrogen-bond donors (Lipinski definition) is 1. The quantitative estimate of drug-likeness (QED) is 0.936. The van der Waals surface area contributed by atoms with E-state index in [2.05, 4.69) is 20.4 Å². The maximum atomic E-state index is 13.1. The topological polar surface area (TPSA) is 54.2 Å². The fourth-order valence-corrected chi connectivity index (χ4v) is 2.45. The molecule has 0 atom stereocenters. The summed E-state index contributed by atoms with van der Waals surface area (Å²) in [6.45, 7) is 7.56. The van der Waals surface area contributed by atoms with Crippen LogP contribution >= 0.6 is 0 Å². The van der Waals surface area contributed by atoms with Gasteiger partial charge in [-0.1, -0.05) is 17.3 Å². The smallest absolute Gasteiger partial charge is 0.322 e. The molecule has 1 N–H and O–H groups in total. The molecule has 21 heavy (non-hydrogen) atoms. The first-order chi connectivity index (χ1) is 10.1. The molecule has 6 heteroatoms. The molecule has 112 valence electrons. The van der Waals surface area contributed by atoms with Gasteiger partial charge in [0, 0.05) is 26.2 Å². The number of hydrogen-bond acceptors (Lipinski definition) is 5. The van der Waals surface area contributed by atoms with Gasteiger partial charge in [-0.25, -0.2) is 4.39 Å². The molecule has 1 saturated heterocycles. The first kappa shape index (κ1) is 14.0. The zero-order valence-electron chi connectivity index (χ0n) is 12.3. The number of nitrogens with zero attached hydrogens (tertiary/aromatic N) is 3. The first-order valence-electron chi connectivity index (χ1n) is 7.13. The summed E-state index contributed by atoms with van der Waals surface area (Å²) in [7, 11) is 0. The van der Waals surface area contributed by atoms with E-state index in [1.165, 1.54) is 12.1 Å². The summed E-state index contributed by atoms with van der Waals surface area (Å²) in [5.74, 6) is 0.367. The predicted molar refractivity (Wildman–Crippen MR) is 77.9 cm³/mol. The molecule has 1 aromatic heterocycles. The van der Waals surface area contributed by atoms with Crippen molar-refractivity contribution in [3.63, 3.8) is 0 Å². The van der Waals surface area contributed by atoms with Gasteiger partial charge in [0.1, 0.15) is 5.82 Å². The van der Waals surface area contributed by atoms with E-state index in [1.54, 1.807) is 12.1 Å². The zero-order chi connectivity index (χ0) is 14.9. The number of rotatable bonds is 3. The Morgan fingerprint density at radius 3 is 2.52 bits per heavy atom. The molecule has 0 spiro atoms. The second kappa shape index (κ2) is 5.44. The number of piperazine rings is 1. The Balaban J connectivity index is 1.85. The Morgan fingerprint density at radius 1 is 1.19 bits per heavy atom. The molecule has 0 unspecified atom stereocenters. The van der Waals surface area contributed by atoms with Gasteiger partial charge >= 0.3 is 6.01 Å². The van der Waals surface area contributed by atoms with E-state index in [0.29, 0.717) is 11.8 Å². The van der Waals surface area contributed by atoms with E-state index in [-0.39, 0.29) is 5.82 Å². The van der Waals surface area contributed by atoms with Crippen molar-refractivity contribution >= 4 is 6.01 Å². The van der Waals surface area contributed by atoms with Crippen molar-refractivity contribution in [2.45, 2.75) is 19.3 Å². The Hall–Kier alpha value is -1.95. The van der Waals surface area contributed by atoms with Crippen molar-refractivity contribution in [3.8, 4) is 0 Å². The van der Waals surface area contributed by atoms with E-state index < -0.39 is 5.41 Å². The van der Waals surface area contributed by atoms with Crippen LogP contribution in [0.15, 0.2) is 28.8 Å². The summed E-state index contributed by atoms with van der Waals surface area (Å²) in [5, 5.41) is 7.41. The Kier molecular flexibility index (Phi) is 3.63. The summed E-state index contributed by atoms with van der Waals surface area (Å²) < 4.78 is 18.5. The van der Waals surface area contributed by atoms with Crippen molar-refractivity contribution in [2.24, 2.45) is 0 Å². The van der Waals surface area contributed by atoms with Crippen LogP contribution in [0, 0.1) is 5.82 Å². The molecular weight excluding hydrogens is 271 g/mol. The van der Waals surface area contributed by atoms with Gasteiger partial charge in [0.2, 0.25) is 0 Å². The van der Waals surface area contributed by atoms with Crippen LogP contribution in [0.25, 0.3) is 0 Å². The largest absolute Gasteiger partial charge is 0.324 e. The second-order valence-electron chi connectivity index (χ2n) is 5.77. The molecule has 1 aromatic carbocycles. The van der Waals surface area contributed by atoms with Crippen molar-refractivity contribution in [1.82, 2.24) is 15.5 Å². The van der Waals surface area contributed by atoms with Crippen molar-refractivity contribution in [2.75, 3.05) is 31.1 Å². The van der Waals surface area contributed by atoms with Gasteiger partial charge in [0.05, 0.1) is 5.41 Å². The molecule has 0 saturated carbocycles. The predicted octanol–water partition coefficient (Wildman–Crippen LogP) is 1.94. The molecule has 1 aliphatic rings. The molecule has 2 aromatic rings. The third-order valence-electron chi connectivity index (χ3n) is 3.93. The van der Waals surface area contributed by atoms with Gasteiger partial charge in [0.25, 0.3) is 0 Å². The second-order valence-corrected chi connectivity index (χ2v) is 5.77. The van der Waals surface area contributed by atoms with E-state index in [1.807, 2.05) is 13.8 Å². The Bertz CT molecular complexity index is 602. The van der Waals surface area contributed by atoms with E-state index in [0.717, 1.165) is 31.7 Å². The van der Waals surface area contributed by atoms with Gasteiger partial charge in [-0.15, -0.1) is 0 Å². The average Bonchev–Trinajstić information content (AvgIpc) is 2.99. The third-order valence-corrected chi connectivity index (χ3v) is 3.93. The lowest BCUT2D eigenvalue weighted by atomic mass is 9.84. The lowest BCUT2D eigenvalue weighted by molar-refractivity contribution is 0.389. The van der Waals surface area contributed by atoms with Gasteiger partial charge in [0.15, 0.2) is 5.82 Å². The summed E-state index contributed by atoms with van der Waals surface area (Å²) in [5.41, 5.74) is 0.528. The Morgan fingerprint density at radius 2 is 1.86 bits per heavy atom. The molecule has 0 radical (unpaired) electrons. The summed E-state index contributed by atoms with van der Waals surface area (Å²) in [6.07, 6.45) is 0. The lowest BCUT2D eigenvalue weighted by Crippen LogP contribution is -2.43. The number of halogens is 1. The highest BCUT2D eigenvalue weighted by Gasteiger charge is 2.30. The van der Waals surface area contributed by atoms with E-state index in [9.17, 15) is 4.39 Å². The van der Waals surface area contributed by atoms with Crippen LogP contribution in [0.4, 0.5) is 10.4 Å². The van der Waals surface area contributed by atoms with E-state index >= 15 is 0 Å². The summed E-state index contributed by atoms with van der Waals surface area (Å²) in [4.78, 5) is 6.61. The molecule has 0 amide bonds. The van der Waals surface area contributed by atoms with Gasteiger partial charge in [-0.3, -0.25) is 0 Å². The molecule has 3 rings (SSSR count). The normalized spacial score (nSPS) is 16.2. The van der Waals surface area contributed by atoms with Gasteiger partial charge in [-0.2, -0.15) is 4.98 Å². The minimum Gasteiger partial charge on any atom is -0.322 e. The highest BCUT2D eigenvalue weighted by atomic mass is 19.1. The molecule has 0 bridgehead atoms. The van der Waals surface area contributed by atoms with Crippen molar-refractivity contribution in [3.05, 3.63) is 41.5 Å². The van der Waals surface area contributed by atoms with Crippen LogP contribution < -0.4 is 10.2 Å². The fraction of sp³-hybridized carbons (Fsp3) is 0.467. The SMILES string of the molecule is CC(C)(c1ccc(F)cc1)c1noc(N2CCNCC2)n1. The average molecular weight is 290 g/mol. The fourth-order valence-electron chi connectivity index (χ4n) is 2.45. The van der Waals surface area contributed by atoms with Crippen LogP contribution in [0.5, 0.6) is 0 Å². The van der Waals surface area contributed by atoms with Gasteiger partial charge < -0.3 is 14.7 Å². The minimum atomic E-state index is -0.427. The monoisotopic (exact) mass is 290 g/mol. The minimum absolute atomic E-state index is 0.246. The number of anilines is 1. The molecule has 2 heterocycles. The van der Waals surface area contributed by atoms with Crippen LogP contribution in [0.1, 0.15) is 25.2 Å². The highest BCUT2D eigenvalue weighted by Crippen LogP contribution is 2.30. The van der Waals surface area contributed by atoms with Crippen LogP contribution in [-0.2, 0) is 5.41 Å². The third kappa shape index (κ3) is 2.76. The standard InChI is InChI=1S/C15H19FN4O/c1-15(2,11-3-5-12(16)6-4-11)13-18-14(21-19-13)20-9-7-17-8-10-20/h3-6,17H,7-10H2,1-2H3. The molecule has 0 aliphatic carbocycles. The van der Waals surface area contributed by atoms with Crippen LogP contribution in [0.3, 0.4) is 0 Å². The highest BCUT2D eigenvalue weighted by molar-refractivity contribution is 5.34. The number of aromatic nitrogens is 2. The zero-order valence-corrected chi connectivity index (χ0v) is 12.3.